The van der Waals surface area contributed by atoms with Crippen LogP contribution in [0.15, 0.2) is 194 Å². The Labute approximate surface area is 312 Å². The van der Waals surface area contributed by atoms with Crippen LogP contribution in [0.3, 0.4) is 0 Å². The van der Waals surface area contributed by atoms with E-state index in [9.17, 15) is 0 Å². The summed E-state index contributed by atoms with van der Waals surface area (Å²) in [5, 5.41) is 5.00. The molecule has 0 radical (unpaired) electrons. The average Bonchev–Trinajstić information content (AvgIpc) is 3.63. The van der Waals surface area contributed by atoms with Gasteiger partial charge in [-0.1, -0.05) is 164 Å². The van der Waals surface area contributed by atoms with Crippen molar-refractivity contribution in [1.82, 2.24) is 9.97 Å². The van der Waals surface area contributed by atoms with Crippen molar-refractivity contribution in [3.05, 3.63) is 194 Å². The molecule has 0 aliphatic rings. The minimum atomic E-state index is 0.697. The van der Waals surface area contributed by atoms with Crippen LogP contribution in [0, 0.1) is 0 Å². The van der Waals surface area contributed by atoms with Crippen molar-refractivity contribution in [3.8, 4) is 67.3 Å². The van der Waals surface area contributed by atoms with Crippen molar-refractivity contribution >= 4 is 42.3 Å². The van der Waals surface area contributed by atoms with Crippen molar-refractivity contribution in [2.24, 2.45) is 0 Å². The highest BCUT2D eigenvalue weighted by Gasteiger charge is 2.18. The van der Waals surface area contributed by atoms with Crippen LogP contribution < -0.4 is 0 Å². The molecule has 0 aliphatic carbocycles. The van der Waals surface area contributed by atoms with Gasteiger partial charge in [-0.25, -0.2) is 9.97 Å². The van der Waals surface area contributed by atoms with Crippen LogP contribution in [0.25, 0.3) is 98.2 Å². The minimum Gasteiger partial charge on any atom is -0.228 e. The van der Waals surface area contributed by atoms with E-state index >= 15 is 0 Å². The molecule has 10 rings (SSSR count). The van der Waals surface area contributed by atoms with Gasteiger partial charge in [-0.15, -0.1) is 11.3 Å². The van der Waals surface area contributed by atoms with Crippen LogP contribution in [-0.4, -0.2) is 9.97 Å². The Bertz CT molecular complexity index is 2940. The topological polar surface area (TPSA) is 25.8 Å². The Morgan fingerprint density at radius 2 is 0.868 bits per heavy atom. The van der Waals surface area contributed by atoms with Gasteiger partial charge in [-0.05, 0) is 74.5 Å². The maximum atomic E-state index is 5.42. The van der Waals surface area contributed by atoms with Gasteiger partial charge in [0.2, 0.25) is 0 Å². The minimum absolute atomic E-state index is 0.697. The zero-order valence-electron chi connectivity index (χ0n) is 28.8. The van der Waals surface area contributed by atoms with Gasteiger partial charge in [0.15, 0.2) is 5.82 Å². The lowest BCUT2D eigenvalue weighted by atomic mass is 9.93. The SMILES string of the molecule is c1ccc(-c2cc(-c3cc(-c4ccccc4)nc(-c4ccccc4-c4cccc5ccccc45)n3)cc(-c3cccc4c3sc3ccccc34)c2)cc1. The maximum Gasteiger partial charge on any atom is 0.161 e. The van der Waals surface area contributed by atoms with Crippen molar-refractivity contribution in [1.29, 1.82) is 0 Å². The first kappa shape index (κ1) is 31.1. The van der Waals surface area contributed by atoms with Gasteiger partial charge in [0.05, 0.1) is 11.4 Å². The predicted octanol–water partition coefficient (Wildman–Crippen LogP) is 14.0. The van der Waals surface area contributed by atoms with E-state index in [4.69, 9.17) is 9.97 Å². The molecule has 0 saturated carbocycles. The second-order valence-corrected chi connectivity index (χ2v) is 14.4. The first-order valence-electron chi connectivity index (χ1n) is 17.9. The van der Waals surface area contributed by atoms with Gasteiger partial charge in [-0.3, -0.25) is 0 Å². The summed E-state index contributed by atoms with van der Waals surface area (Å²) in [4.78, 5) is 10.7. The first-order valence-corrected chi connectivity index (χ1v) is 18.7. The summed E-state index contributed by atoms with van der Waals surface area (Å²) >= 11 is 1.86. The number of rotatable bonds is 6. The normalized spacial score (nSPS) is 11.4. The largest absolute Gasteiger partial charge is 0.228 e. The molecule has 2 heterocycles. The summed E-state index contributed by atoms with van der Waals surface area (Å²) in [6, 6.07) is 69.2. The number of fused-ring (bicyclic) bond motifs is 4. The summed E-state index contributed by atoms with van der Waals surface area (Å²) in [6.07, 6.45) is 0. The van der Waals surface area contributed by atoms with Crippen molar-refractivity contribution in [2.75, 3.05) is 0 Å². The van der Waals surface area contributed by atoms with Gasteiger partial charge in [0.25, 0.3) is 0 Å². The molecule has 10 aromatic rings. The van der Waals surface area contributed by atoms with E-state index in [-0.39, 0.29) is 0 Å². The molecule has 0 atom stereocenters. The zero-order valence-corrected chi connectivity index (χ0v) is 29.6. The lowest BCUT2D eigenvalue weighted by molar-refractivity contribution is 1.18. The summed E-state index contributed by atoms with van der Waals surface area (Å²) < 4.78 is 2.59. The van der Waals surface area contributed by atoms with Crippen LogP contribution >= 0.6 is 11.3 Å². The maximum absolute atomic E-state index is 5.42. The predicted molar refractivity (Wildman–Crippen MR) is 225 cm³/mol. The van der Waals surface area contributed by atoms with E-state index in [1.165, 1.54) is 42.1 Å². The van der Waals surface area contributed by atoms with Gasteiger partial charge in [0.1, 0.15) is 0 Å². The van der Waals surface area contributed by atoms with Crippen molar-refractivity contribution in [2.45, 2.75) is 0 Å². The molecule has 2 aromatic heterocycles. The molecule has 0 aliphatic heterocycles. The molecule has 0 saturated heterocycles. The summed E-state index contributed by atoms with van der Waals surface area (Å²) in [5.74, 6) is 0.697. The van der Waals surface area contributed by atoms with Crippen molar-refractivity contribution < 1.29 is 0 Å². The number of thiophene rings is 1. The Kier molecular flexibility index (Phi) is 7.71. The third-order valence-corrected chi connectivity index (χ3v) is 11.3. The lowest BCUT2D eigenvalue weighted by Gasteiger charge is -2.15. The summed E-state index contributed by atoms with van der Waals surface area (Å²) in [5.41, 5.74) is 11.8. The van der Waals surface area contributed by atoms with Crippen molar-refractivity contribution in [3.63, 3.8) is 0 Å². The van der Waals surface area contributed by atoms with Crippen LogP contribution in [0.2, 0.25) is 0 Å². The Morgan fingerprint density at radius 3 is 1.70 bits per heavy atom. The fourth-order valence-electron chi connectivity index (χ4n) is 7.55. The molecule has 0 bridgehead atoms. The highest BCUT2D eigenvalue weighted by Crippen LogP contribution is 2.43. The molecule has 248 valence electrons. The van der Waals surface area contributed by atoms with E-state index in [1.807, 2.05) is 17.4 Å². The summed E-state index contributed by atoms with van der Waals surface area (Å²) in [6.45, 7) is 0. The number of hydrogen-bond donors (Lipinski definition) is 0. The number of nitrogens with zero attached hydrogens (tertiary/aromatic N) is 2. The van der Waals surface area contributed by atoms with E-state index in [1.54, 1.807) is 0 Å². The second kappa shape index (κ2) is 13.1. The molecule has 53 heavy (non-hydrogen) atoms. The highest BCUT2D eigenvalue weighted by molar-refractivity contribution is 7.26. The number of hydrogen-bond acceptors (Lipinski definition) is 3. The lowest BCUT2D eigenvalue weighted by Crippen LogP contribution is -1.98. The molecule has 0 spiro atoms. The molecular weight excluding hydrogens is 661 g/mol. The summed E-state index contributed by atoms with van der Waals surface area (Å²) in [7, 11) is 0. The molecule has 8 aromatic carbocycles. The standard InChI is InChI=1S/C50H32N2S/c1-3-15-33(16-4-1)36-29-37(40-25-14-27-44-43-23-11-12-28-48(43)53-49(40)44)31-38(30-36)47-32-46(35-18-5-2-6-19-35)51-50(52-47)45-24-10-9-22-42(45)41-26-13-20-34-17-7-8-21-39(34)41/h1-32H. The second-order valence-electron chi connectivity index (χ2n) is 13.3. The van der Waals surface area contributed by atoms with Crippen LogP contribution in [0.4, 0.5) is 0 Å². The highest BCUT2D eigenvalue weighted by atomic mass is 32.1. The Hall–Kier alpha value is -6.68. The van der Waals surface area contributed by atoms with E-state index in [0.29, 0.717) is 5.82 Å². The quantitative estimate of drug-likeness (QED) is 0.173. The van der Waals surface area contributed by atoms with Gasteiger partial charge in [0, 0.05) is 36.9 Å². The third kappa shape index (κ3) is 5.68. The Balaban J connectivity index is 1.22. The van der Waals surface area contributed by atoms with Crippen LogP contribution in [0.5, 0.6) is 0 Å². The smallest absolute Gasteiger partial charge is 0.161 e. The first-order chi connectivity index (χ1) is 26.3. The number of aromatic nitrogens is 2. The van der Waals surface area contributed by atoms with E-state index in [0.717, 1.165) is 50.3 Å². The van der Waals surface area contributed by atoms with Crippen LogP contribution in [-0.2, 0) is 0 Å². The Morgan fingerprint density at radius 1 is 0.321 bits per heavy atom. The fraction of sp³-hybridized carbons (Fsp3) is 0. The van der Waals surface area contributed by atoms with Gasteiger partial charge < -0.3 is 0 Å². The fourth-order valence-corrected chi connectivity index (χ4v) is 8.79. The van der Waals surface area contributed by atoms with E-state index in [2.05, 4.69) is 188 Å². The molecule has 0 fully saturated rings. The molecule has 3 heteroatoms. The third-order valence-electron chi connectivity index (χ3n) is 10.1. The van der Waals surface area contributed by atoms with Crippen LogP contribution in [0.1, 0.15) is 0 Å². The van der Waals surface area contributed by atoms with E-state index < -0.39 is 0 Å². The molecule has 0 unspecified atom stereocenters. The molecule has 0 N–H and O–H groups in total. The van der Waals surface area contributed by atoms with Gasteiger partial charge in [-0.2, -0.15) is 0 Å². The zero-order chi connectivity index (χ0) is 35.1. The number of benzene rings is 8. The average molecular weight is 693 g/mol. The van der Waals surface area contributed by atoms with Gasteiger partial charge >= 0.3 is 0 Å². The molecule has 2 nitrogen and oxygen atoms in total. The monoisotopic (exact) mass is 692 g/mol. The molecule has 0 amide bonds. The molecular formula is C50H32N2S.